The topological polar surface area (TPSA) is 68.5 Å². The van der Waals surface area contributed by atoms with Crippen molar-refractivity contribution in [1.82, 2.24) is 9.88 Å². The van der Waals surface area contributed by atoms with Crippen LogP contribution in [0.25, 0.3) is 22.0 Å². The third kappa shape index (κ3) is 2.66. The fraction of sp³-hybridized carbons (Fsp3) is 0.273. The first-order valence-corrected chi connectivity index (χ1v) is 9.93. The highest BCUT2D eigenvalue weighted by Gasteiger charge is 2.38. The third-order valence-electron chi connectivity index (χ3n) is 5.96. The number of methoxy groups -OCH3 is 1. The maximum absolute atomic E-state index is 15.0. The summed E-state index contributed by atoms with van der Waals surface area (Å²) >= 11 is 6.17. The zero-order chi connectivity index (χ0) is 20.3. The molecule has 1 aliphatic heterocycles. The predicted octanol–water partition coefficient (Wildman–Crippen LogP) is 4.79. The van der Waals surface area contributed by atoms with Crippen molar-refractivity contribution in [3.8, 4) is 16.9 Å². The number of nitrogens with two attached hydrogens (primary N) is 1. The van der Waals surface area contributed by atoms with Crippen LogP contribution in [0.2, 0.25) is 5.02 Å². The largest absolute Gasteiger partial charge is 0.496 e. The fourth-order valence-corrected chi connectivity index (χ4v) is 4.41. The summed E-state index contributed by atoms with van der Waals surface area (Å²) in [5.74, 6) is -0.0539. The van der Waals surface area contributed by atoms with Crippen molar-refractivity contribution in [2.75, 3.05) is 12.8 Å². The van der Waals surface area contributed by atoms with Gasteiger partial charge in [0.25, 0.3) is 5.91 Å². The molecule has 1 aliphatic carbocycles. The summed E-state index contributed by atoms with van der Waals surface area (Å²) in [6, 6.07) is 8.17. The lowest BCUT2D eigenvalue weighted by Gasteiger charge is -2.34. The molecule has 0 radical (unpaired) electrons. The molecular formula is C22H19ClFN3O2. The van der Waals surface area contributed by atoms with Crippen LogP contribution < -0.4 is 10.5 Å². The second-order valence-electron chi connectivity index (χ2n) is 7.53. The molecule has 2 aliphatic rings. The van der Waals surface area contributed by atoms with Crippen molar-refractivity contribution in [3.63, 3.8) is 0 Å². The van der Waals surface area contributed by atoms with Crippen molar-refractivity contribution >= 4 is 34.1 Å². The highest BCUT2D eigenvalue weighted by atomic mass is 35.5. The predicted molar refractivity (Wildman–Crippen MR) is 111 cm³/mol. The van der Waals surface area contributed by atoms with Gasteiger partial charge in [0.2, 0.25) is 0 Å². The Bertz CT molecular complexity index is 1180. The zero-order valence-corrected chi connectivity index (χ0v) is 16.6. The molecule has 1 saturated carbocycles. The van der Waals surface area contributed by atoms with E-state index in [4.69, 9.17) is 27.1 Å². The summed E-state index contributed by atoms with van der Waals surface area (Å²) in [7, 11) is 1.52. The number of halogens is 2. The lowest BCUT2D eigenvalue weighted by molar-refractivity contribution is 0.0606. The Morgan fingerprint density at radius 1 is 1.24 bits per heavy atom. The molecule has 5 nitrogen and oxygen atoms in total. The minimum absolute atomic E-state index is 0.0807. The van der Waals surface area contributed by atoms with Crippen LogP contribution in [0.15, 0.2) is 30.3 Å². The molecule has 1 aromatic heterocycles. The van der Waals surface area contributed by atoms with Crippen molar-refractivity contribution in [2.24, 2.45) is 0 Å². The van der Waals surface area contributed by atoms with Crippen LogP contribution in [0, 0.1) is 5.82 Å². The smallest absolute Gasteiger partial charge is 0.258 e. The van der Waals surface area contributed by atoms with Gasteiger partial charge in [-0.05, 0) is 49.6 Å². The molecule has 7 heteroatoms. The van der Waals surface area contributed by atoms with Crippen LogP contribution >= 0.6 is 11.6 Å². The molecule has 0 atom stereocenters. The average molecular weight is 412 g/mol. The van der Waals surface area contributed by atoms with Gasteiger partial charge < -0.3 is 15.4 Å². The van der Waals surface area contributed by atoms with Gasteiger partial charge in [0.05, 0.1) is 36.1 Å². The molecule has 2 N–H and O–H groups in total. The molecule has 2 aromatic carbocycles. The van der Waals surface area contributed by atoms with E-state index in [9.17, 15) is 4.79 Å². The molecular weight excluding hydrogens is 393 g/mol. The standard InChI is InChI=1S/C22H19ClFN3O2/c1-29-17-8-5-11(23)9-14(17)18-15(24)7-6-13-20(25)19-16(26-21(13)18)10-27(22(19)28)12-3-2-4-12/h5-9,12H,2-4,10H2,1H3,(H2,25,26). The van der Waals surface area contributed by atoms with Gasteiger partial charge in [-0.1, -0.05) is 11.6 Å². The van der Waals surface area contributed by atoms with E-state index in [0.717, 1.165) is 19.3 Å². The number of fused-ring (bicyclic) bond motifs is 2. The van der Waals surface area contributed by atoms with Gasteiger partial charge in [0, 0.05) is 27.6 Å². The number of carbonyl (C=O) groups is 1. The normalized spacial score (nSPS) is 16.2. The number of ether oxygens (including phenoxy) is 1. The lowest BCUT2D eigenvalue weighted by atomic mass is 9.92. The maximum atomic E-state index is 15.0. The van der Waals surface area contributed by atoms with Crippen LogP contribution in [0.5, 0.6) is 5.75 Å². The van der Waals surface area contributed by atoms with E-state index >= 15 is 4.39 Å². The highest BCUT2D eigenvalue weighted by Crippen LogP contribution is 2.42. The van der Waals surface area contributed by atoms with E-state index in [0.29, 0.717) is 50.7 Å². The summed E-state index contributed by atoms with van der Waals surface area (Å²) < 4.78 is 20.4. The number of nitrogens with zero attached hydrogens (tertiary/aromatic N) is 2. The maximum Gasteiger partial charge on any atom is 0.258 e. The Labute approximate surface area is 172 Å². The van der Waals surface area contributed by atoms with E-state index in [-0.39, 0.29) is 17.5 Å². The van der Waals surface area contributed by atoms with Gasteiger partial charge >= 0.3 is 0 Å². The Morgan fingerprint density at radius 2 is 2.03 bits per heavy atom. The zero-order valence-electron chi connectivity index (χ0n) is 15.8. The van der Waals surface area contributed by atoms with Crippen LogP contribution in [-0.4, -0.2) is 28.9 Å². The number of pyridine rings is 1. The number of anilines is 1. The molecule has 0 saturated heterocycles. The molecule has 5 rings (SSSR count). The molecule has 0 unspecified atom stereocenters. The van der Waals surface area contributed by atoms with Gasteiger partial charge in [-0.2, -0.15) is 0 Å². The van der Waals surface area contributed by atoms with E-state index in [1.54, 1.807) is 24.3 Å². The average Bonchev–Trinajstić information content (AvgIpc) is 2.96. The van der Waals surface area contributed by atoms with Crippen molar-refractivity contribution in [2.45, 2.75) is 31.8 Å². The summed E-state index contributed by atoms with van der Waals surface area (Å²) in [6.45, 7) is 0.404. The summed E-state index contributed by atoms with van der Waals surface area (Å²) in [4.78, 5) is 19.5. The quantitative estimate of drug-likeness (QED) is 0.672. The Hall–Kier alpha value is -2.86. The summed E-state index contributed by atoms with van der Waals surface area (Å²) in [6.07, 6.45) is 3.12. The van der Waals surface area contributed by atoms with Gasteiger partial charge in [-0.25, -0.2) is 9.37 Å². The Morgan fingerprint density at radius 3 is 2.72 bits per heavy atom. The molecule has 0 bridgehead atoms. The summed E-state index contributed by atoms with van der Waals surface area (Å²) in [5.41, 5.74) is 8.97. The van der Waals surface area contributed by atoms with Gasteiger partial charge in [-0.3, -0.25) is 4.79 Å². The third-order valence-corrected chi connectivity index (χ3v) is 6.20. The number of aromatic nitrogens is 1. The van der Waals surface area contributed by atoms with Crippen LogP contribution in [0.4, 0.5) is 10.1 Å². The SMILES string of the molecule is COc1ccc(Cl)cc1-c1c(F)ccc2c(N)c3c(nc12)CN(C1CCC1)C3=O. The number of benzene rings is 2. The van der Waals surface area contributed by atoms with Gasteiger partial charge in [0.1, 0.15) is 11.6 Å². The Kier molecular flexibility index (Phi) is 4.13. The Balaban J connectivity index is 1.76. The molecule has 0 spiro atoms. The fourth-order valence-electron chi connectivity index (χ4n) is 4.24. The van der Waals surface area contributed by atoms with E-state index in [1.807, 2.05) is 4.90 Å². The van der Waals surface area contributed by atoms with Crippen LogP contribution in [0.1, 0.15) is 35.3 Å². The van der Waals surface area contributed by atoms with Crippen molar-refractivity contribution in [3.05, 3.63) is 52.4 Å². The lowest BCUT2D eigenvalue weighted by Crippen LogP contribution is -2.40. The minimum atomic E-state index is -0.454. The monoisotopic (exact) mass is 411 g/mol. The van der Waals surface area contributed by atoms with E-state index < -0.39 is 5.82 Å². The number of hydrogen-bond acceptors (Lipinski definition) is 4. The minimum Gasteiger partial charge on any atom is -0.496 e. The first-order valence-electron chi connectivity index (χ1n) is 9.55. The molecule has 148 valence electrons. The molecule has 3 aromatic rings. The molecule has 2 heterocycles. The summed E-state index contributed by atoms with van der Waals surface area (Å²) in [5, 5.41) is 1.00. The number of rotatable bonds is 3. The van der Waals surface area contributed by atoms with Crippen molar-refractivity contribution < 1.29 is 13.9 Å². The molecule has 1 fully saturated rings. The van der Waals surface area contributed by atoms with Crippen LogP contribution in [0.3, 0.4) is 0 Å². The molecule has 1 amide bonds. The van der Waals surface area contributed by atoms with E-state index in [1.165, 1.54) is 13.2 Å². The van der Waals surface area contributed by atoms with Crippen molar-refractivity contribution in [1.29, 1.82) is 0 Å². The van der Waals surface area contributed by atoms with E-state index in [2.05, 4.69) is 0 Å². The number of amides is 1. The van der Waals surface area contributed by atoms with Crippen LogP contribution in [-0.2, 0) is 6.54 Å². The molecule has 29 heavy (non-hydrogen) atoms. The van der Waals surface area contributed by atoms with Gasteiger partial charge in [-0.15, -0.1) is 0 Å². The number of hydrogen-bond donors (Lipinski definition) is 1. The second kappa shape index (κ2) is 6.59. The highest BCUT2D eigenvalue weighted by molar-refractivity contribution is 6.31. The number of nitrogen functional groups attached to an aromatic ring is 1. The first kappa shape index (κ1) is 18.2. The second-order valence-corrected chi connectivity index (χ2v) is 7.96. The van der Waals surface area contributed by atoms with Gasteiger partial charge in [0.15, 0.2) is 0 Å². The number of carbonyl (C=O) groups excluding carboxylic acids is 1. The first-order chi connectivity index (χ1) is 14.0.